The summed E-state index contributed by atoms with van der Waals surface area (Å²) in [6.45, 7) is 16.4. The van der Waals surface area contributed by atoms with Gasteiger partial charge in [-0.15, -0.1) is 11.8 Å². The molecule has 1 nitrogen and oxygen atoms in total. The third-order valence-electron chi connectivity index (χ3n) is 9.90. The molecule has 0 aromatic rings. The van der Waals surface area contributed by atoms with Gasteiger partial charge in [0, 0.05) is 16.9 Å². The fourth-order valence-corrected chi connectivity index (χ4v) is 8.59. The maximum absolute atomic E-state index is 5.56. The Hall–Kier alpha value is -0.760. The van der Waals surface area contributed by atoms with Crippen LogP contribution in [0.4, 0.5) is 0 Å². The summed E-state index contributed by atoms with van der Waals surface area (Å²) in [7, 11) is 0. The Bertz CT molecular complexity index is 748. The van der Waals surface area contributed by atoms with Crippen molar-refractivity contribution in [3.63, 3.8) is 0 Å². The molecule has 4 aliphatic rings. The highest BCUT2D eigenvalue weighted by molar-refractivity contribution is 8.02. The second-order valence-electron chi connectivity index (χ2n) is 11.4. The van der Waals surface area contributed by atoms with Crippen LogP contribution in [-0.4, -0.2) is 16.5 Å². The number of nitrogens with zero attached hydrogens (tertiary/aromatic N) is 1. The second-order valence-corrected chi connectivity index (χ2v) is 12.5. The van der Waals surface area contributed by atoms with Crippen molar-refractivity contribution >= 4 is 17.5 Å². The van der Waals surface area contributed by atoms with Crippen LogP contribution in [0.5, 0.6) is 0 Å². The zero-order valence-electron chi connectivity index (χ0n) is 20.6. The minimum atomic E-state index is 0.290. The van der Waals surface area contributed by atoms with Gasteiger partial charge in [0.15, 0.2) is 0 Å². The van der Waals surface area contributed by atoms with Crippen molar-refractivity contribution in [1.82, 2.24) is 0 Å². The van der Waals surface area contributed by atoms with Gasteiger partial charge in [0.05, 0.1) is 5.54 Å². The molecule has 31 heavy (non-hydrogen) atoms. The van der Waals surface area contributed by atoms with E-state index in [0.29, 0.717) is 10.8 Å². The molecule has 0 saturated heterocycles. The predicted molar refractivity (Wildman–Crippen MR) is 139 cm³/mol. The van der Waals surface area contributed by atoms with Gasteiger partial charge in [-0.2, -0.15) is 0 Å². The molecular formula is C29H45NS. The van der Waals surface area contributed by atoms with Gasteiger partial charge in [0.2, 0.25) is 0 Å². The van der Waals surface area contributed by atoms with Gasteiger partial charge in [-0.05, 0) is 97.5 Å². The molecule has 172 valence electrons. The van der Waals surface area contributed by atoms with Crippen LogP contribution in [0.15, 0.2) is 40.8 Å². The molecule has 0 N–H and O–H groups in total. The molecule has 2 heteroatoms. The molecule has 2 aliphatic carbocycles. The van der Waals surface area contributed by atoms with E-state index < -0.39 is 0 Å². The quantitative estimate of drug-likeness (QED) is 0.404. The lowest BCUT2D eigenvalue weighted by Gasteiger charge is -2.55. The topological polar surface area (TPSA) is 12.4 Å². The van der Waals surface area contributed by atoms with Crippen LogP contribution < -0.4 is 0 Å². The highest BCUT2D eigenvalue weighted by Crippen LogP contribution is 2.63. The van der Waals surface area contributed by atoms with Crippen molar-refractivity contribution in [2.45, 2.75) is 96.8 Å². The van der Waals surface area contributed by atoms with Gasteiger partial charge >= 0.3 is 0 Å². The Morgan fingerprint density at radius 2 is 1.97 bits per heavy atom. The summed E-state index contributed by atoms with van der Waals surface area (Å²) < 4.78 is 0. The number of allylic oxidation sites excluding steroid dienone is 4. The SMILES string of the molecule is C=C1C=CSC2CC34N=C(CCC(C)C(C)C(C)CC)C3CCC4C(CC/C=C\1)C2C. The zero-order chi connectivity index (χ0) is 22.2. The van der Waals surface area contributed by atoms with E-state index in [-0.39, 0.29) is 0 Å². The lowest BCUT2D eigenvalue weighted by Crippen LogP contribution is -2.58. The molecule has 9 unspecified atom stereocenters. The van der Waals surface area contributed by atoms with Crippen molar-refractivity contribution in [3.8, 4) is 0 Å². The standard InChI is InChI=1S/C29H45NS/c1-7-20(3)22(5)21(4)12-15-27-26-14-13-25-24-11-9-8-10-19(2)16-17-31-28(23(24)6)18-29(25,26)30-27/h8,10,16-17,20-26,28H,2,7,9,11-15,18H2,1,3-6H3/b10-8-,17-16?. The first-order valence-corrected chi connectivity index (χ1v) is 14.1. The molecule has 2 fully saturated rings. The lowest BCUT2D eigenvalue weighted by molar-refractivity contribution is 0.0744. The fourth-order valence-electron chi connectivity index (χ4n) is 7.32. The Balaban J connectivity index is 1.49. The minimum absolute atomic E-state index is 0.290. The van der Waals surface area contributed by atoms with Crippen molar-refractivity contribution < 1.29 is 0 Å². The average Bonchev–Trinajstić information content (AvgIpc) is 3.02. The van der Waals surface area contributed by atoms with E-state index in [1.54, 1.807) is 5.71 Å². The van der Waals surface area contributed by atoms with E-state index in [9.17, 15) is 0 Å². The van der Waals surface area contributed by atoms with Gasteiger partial charge in [-0.1, -0.05) is 59.8 Å². The normalized spacial score (nSPS) is 41.1. The molecule has 0 radical (unpaired) electrons. The van der Waals surface area contributed by atoms with Gasteiger partial charge in [0.25, 0.3) is 0 Å². The summed E-state index contributed by atoms with van der Waals surface area (Å²) in [6.07, 6.45) is 17.3. The van der Waals surface area contributed by atoms with E-state index in [4.69, 9.17) is 4.99 Å². The van der Waals surface area contributed by atoms with Crippen LogP contribution in [-0.2, 0) is 0 Å². The molecule has 2 heterocycles. The second kappa shape index (κ2) is 9.62. The summed E-state index contributed by atoms with van der Waals surface area (Å²) in [5, 5.41) is 3.02. The molecular weight excluding hydrogens is 394 g/mol. The van der Waals surface area contributed by atoms with Crippen LogP contribution in [0, 0.1) is 41.4 Å². The number of hydrogen-bond acceptors (Lipinski definition) is 2. The first-order valence-electron chi connectivity index (χ1n) is 13.1. The van der Waals surface area contributed by atoms with Crippen LogP contribution in [0.3, 0.4) is 0 Å². The van der Waals surface area contributed by atoms with Gasteiger partial charge < -0.3 is 0 Å². The first-order chi connectivity index (χ1) is 14.9. The van der Waals surface area contributed by atoms with Crippen molar-refractivity contribution in [1.29, 1.82) is 0 Å². The molecule has 0 amide bonds. The van der Waals surface area contributed by atoms with E-state index in [0.717, 1.165) is 47.0 Å². The third-order valence-corrected chi connectivity index (χ3v) is 11.1. The minimum Gasteiger partial charge on any atom is -0.286 e. The number of hydrogen-bond donors (Lipinski definition) is 0. The van der Waals surface area contributed by atoms with E-state index in [1.807, 2.05) is 0 Å². The summed E-state index contributed by atoms with van der Waals surface area (Å²) in [6, 6.07) is 0. The summed E-state index contributed by atoms with van der Waals surface area (Å²) in [5.74, 6) is 5.70. The predicted octanol–water partition coefficient (Wildman–Crippen LogP) is 8.48. The molecule has 1 spiro atoms. The Kier molecular flexibility index (Phi) is 7.26. The average molecular weight is 440 g/mol. The molecule has 0 aromatic heterocycles. The van der Waals surface area contributed by atoms with Crippen LogP contribution in [0.1, 0.15) is 86.0 Å². The Labute approximate surface area is 196 Å². The van der Waals surface area contributed by atoms with Gasteiger partial charge in [-0.25, -0.2) is 0 Å². The molecule has 0 aromatic carbocycles. The molecule has 2 aliphatic heterocycles. The van der Waals surface area contributed by atoms with Crippen molar-refractivity contribution in [2.75, 3.05) is 0 Å². The van der Waals surface area contributed by atoms with Crippen LogP contribution in [0.25, 0.3) is 0 Å². The van der Waals surface area contributed by atoms with Crippen LogP contribution in [0.2, 0.25) is 0 Å². The molecule has 2 bridgehead atoms. The first kappa shape index (κ1) is 23.4. The Morgan fingerprint density at radius 1 is 1.16 bits per heavy atom. The van der Waals surface area contributed by atoms with E-state index in [1.165, 1.54) is 51.4 Å². The van der Waals surface area contributed by atoms with E-state index in [2.05, 4.69) is 76.6 Å². The van der Waals surface area contributed by atoms with Crippen molar-refractivity contribution in [3.05, 3.63) is 35.8 Å². The third kappa shape index (κ3) is 4.40. The maximum Gasteiger partial charge on any atom is 0.0729 e. The van der Waals surface area contributed by atoms with E-state index >= 15 is 0 Å². The van der Waals surface area contributed by atoms with Crippen molar-refractivity contribution in [2.24, 2.45) is 46.4 Å². The Morgan fingerprint density at radius 3 is 2.74 bits per heavy atom. The summed E-state index contributed by atoms with van der Waals surface area (Å²) in [5.41, 5.74) is 3.02. The smallest absolute Gasteiger partial charge is 0.0729 e. The fraction of sp³-hybridized carbons (Fsp3) is 0.759. The summed E-state index contributed by atoms with van der Waals surface area (Å²) >= 11 is 2.06. The number of rotatable bonds is 6. The summed E-state index contributed by atoms with van der Waals surface area (Å²) in [4.78, 5) is 5.56. The van der Waals surface area contributed by atoms with Gasteiger partial charge in [0.1, 0.15) is 0 Å². The number of aliphatic imine (C=N–C) groups is 1. The number of thioether (sulfide) groups is 1. The highest BCUT2D eigenvalue weighted by atomic mass is 32.2. The molecule has 4 rings (SSSR count). The zero-order valence-corrected chi connectivity index (χ0v) is 21.5. The van der Waals surface area contributed by atoms with Crippen LogP contribution >= 0.6 is 11.8 Å². The highest BCUT2D eigenvalue weighted by Gasteiger charge is 2.63. The number of fused-ring (bicyclic) bond motifs is 3. The maximum atomic E-state index is 5.56. The monoisotopic (exact) mass is 439 g/mol. The molecule has 9 atom stereocenters. The molecule has 2 saturated carbocycles. The van der Waals surface area contributed by atoms with Gasteiger partial charge in [-0.3, -0.25) is 4.99 Å². The lowest BCUT2D eigenvalue weighted by atomic mass is 9.58. The largest absolute Gasteiger partial charge is 0.286 e.